The molecule has 0 atom stereocenters. The van der Waals surface area contributed by atoms with Gasteiger partial charge in [-0.05, 0) is 54.4 Å². The van der Waals surface area contributed by atoms with Gasteiger partial charge in [-0.1, -0.05) is 66.2 Å². The predicted octanol–water partition coefficient (Wildman–Crippen LogP) is 7.41. The zero-order valence-corrected chi connectivity index (χ0v) is 17.1. The average Bonchev–Trinajstić information content (AvgIpc) is 3.40. The molecule has 0 aliphatic rings. The molecule has 148 valence electrons. The van der Waals surface area contributed by atoms with E-state index in [1.165, 1.54) is 16.7 Å². The highest BCUT2D eigenvalue weighted by atomic mass is 16.3. The normalized spacial score (nSPS) is 11.4. The van der Waals surface area contributed by atoms with E-state index in [1.54, 1.807) is 0 Å². The van der Waals surface area contributed by atoms with Gasteiger partial charge < -0.3 is 4.42 Å². The van der Waals surface area contributed by atoms with Crippen LogP contribution in [-0.2, 0) is 0 Å². The van der Waals surface area contributed by atoms with E-state index in [0.717, 1.165) is 39.1 Å². The zero-order valence-electron chi connectivity index (χ0n) is 17.1. The Labute approximate surface area is 180 Å². The molecule has 0 radical (unpaired) electrons. The second-order valence-electron chi connectivity index (χ2n) is 7.82. The Hall–Kier alpha value is -4.11. The van der Waals surface area contributed by atoms with Gasteiger partial charge >= 0.3 is 0 Å². The van der Waals surface area contributed by atoms with Crippen molar-refractivity contribution in [3.63, 3.8) is 0 Å². The maximum atomic E-state index is 5.87. The van der Waals surface area contributed by atoms with Crippen LogP contribution in [0, 0.1) is 6.92 Å². The lowest BCUT2D eigenvalue weighted by Gasteiger charge is -2.10. The summed E-state index contributed by atoms with van der Waals surface area (Å²) in [6.45, 7) is 2.10. The molecule has 3 nitrogen and oxygen atoms in total. The smallest absolute Gasteiger partial charge is 0.149 e. The van der Waals surface area contributed by atoms with E-state index in [-0.39, 0.29) is 0 Å². The molecule has 31 heavy (non-hydrogen) atoms. The minimum absolute atomic E-state index is 0.874. The molecule has 0 saturated carbocycles. The molecular weight excluding hydrogens is 380 g/mol. The minimum Gasteiger partial charge on any atom is -0.464 e. The van der Waals surface area contributed by atoms with Gasteiger partial charge in [0.1, 0.15) is 17.7 Å². The molecule has 0 fully saturated rings. The Balaban J connectivity index is 1.57. The fourth-order valence-electron chi connectivity index (χ4n) is 4.22. The number of furan rings is 1. The van der Waals surface area contributed by atoms with Crippen LogP contribution in [-0.4, -0.2) is 9.55 Å². The third kappa shape index (κ3) is 2.94. The van der Waals surface area contributed by atoms with Crippen LogP contribution >= 0.6 is 0 Å². The average molecular weight is 400 g/mol. The molecule has 0 N–H and O–H groups in total. The van der Waals surface area contributed by atoms with Crippen molar-refractivity contribution >= 4 is 22.0 Å². The highest BCUT2D eigenvalue weighted by molar-refractivity contribution is 5.95. The first-order valence-corrected chi connectivity index (χ1v) is 10.4. The molecule has 0 aliphatic carbocycles. The van der Waals surface area contributed by atoms with Gasteiger partial charge in [-0.3, -0.25) is 4.57 Å². The number of aromatic nitrogens is 2. The third-order valence-electron chi connectivity index (χ3n) is 5.76. The van der Waals surface area contributed by atoms with Crippen LogP contribution in [0.4, 0.5) is 0 Å². The highest BCUT2D eigenvalue weighted by Gasteiger charge is 2.18. The fourth-order valence-corrected chi connectivity index (χ4v) is 4.22. The standard InChI is InChI=1S/C28H20N2O/c1-19-11-16-27-23(17-19)24(18-31-27)28-29-25-9-5-6-10-26(25)30(28)22-14-12-21(13-15-22)20-7-3-2-4-8-20/h2-18H,1H3. The lowest BCUT2D eigenvalue weighted by molar-refractivity contribution is 0.616. The number of hydrogen-bond donors (Lipinski definition) is 0. The van der Waals surface area contributed by atoms with Crippen molar-refractivity contribution in [2.75, 3.05) is 0 Å². The number of fused-ring (bicyclic) bond motifs is 2. The van der Waals surface area contributed by atoms with Crippen LogP contribution in [0.3, 0.4) is 0 Å². The molecule has 0 aliphatic heterocycles. The van der Waals surface area contributed by atoms with Gasteiger partial charge in [0.15, 0.2) is 0 Å². The van der Waals surface area contributed by atoms with E-state index < -0.39 is 0 Å². The zero-order chi connectivity index (χ0) is 20.8. The summed E-state index contributed by atoms with van der Waals surface area (Å²) in [5.74, 6) is 0.887. The van der Waals surface area contributed by atoms with Gasteiger partial charge in [0, 0.05) is 11.1 Å². The van der Waals surface area contributed by atoms with E-state index >= 15 is 0 Å². The van der Waals surface area contributed by atoms with Crippen LogP contribution in [0.25, 0.3) is 50.2 Å². The fraction of sp³-hybridized carbons (Fsp3) is 0.0357. The number of imidazole rings is 1. The molecule has 6 rings (SSSR count). The highest BCUT2D eigenvalue weighted by Crippen LogP contribution is 2.35. The molecule has 0 saturated heterocycles. The minimum atomic E-state index is 0.874. The van der Waals surface area contributed by atoms with Gasteiger partial charge in [0.25, 0.3) is 0 Å². The van der Waals surface area contributed by atoms with Crippen molar-refractivity contribution in [3.8, 4) is 28.2 Å². The summed E-state index contributed by atoms with van der Waals surface area (Å²) in [4.78, 5) is 4.99. The predicted molar refractivity (Wildman–Crippen MR) is 126 cm³/mol. The van der Waals surface area contributed by atoms with Crippen molar-refractivity contribution in [3.05, 3.63) is 109 Å². The van der Waals surface area contributed by atoms with Crippen molar-refractivity contribution in [2.24, 2.45) is 0 Å². The number of aryl methyl sites for hydroxylation is 1. The van der Waals surface area contributed by atoms with Crippen LogP contribution in [0.2, 0.25) is 0 Å². The van der Waals surface area contributed by atoms with E-state index in [9.17, 15) is 0 Å². The van der Waals surface area contributed by atoms with Crippen molar-refractivity contribution in [1.82, 2.24) is 9.55 Å². The van der Waals surface area contributed by atoms with Crippen molar-refractivity contribution < 1.29 is 4.42 Å². The van der Waals surface area contributed by atoms with E-state index in [0.29, 0.717) is 0 Å². The number of rotatable bonds is 3. The Morgan fingerprint density at radius 1 is 0.742 bits per heavy atom. The van der Waals surface area contributed by atoms with Crippen molar-refractivity contribution in [2.45, 2.75) is 6.92 Å². The van der Waals surface area contributed by atoms with Gasteiger partial charge in [0.05, 0.1) is 16.6 Å². The Morgan fingerprint density at radius 2 is 1.48 bits per heavy atom. The molecule has 0 unspecified atom stereocenters. The summed E-state index contributed by atoms with van der Waals surface area (Å²) in [6, 6.07) is 33.6. The van der Waals surface area contributed by atoms with E-state index in [2.05, 4.69) is 90.4 Å². The van der Waals surface area contributed by atoms with Crippen LogP contribution in [0.5, 0.6) is 0 Å². The summed E-state index contributed by atoms with van der Waals surface area (Å²) in [7, 11) is 0. The molecule has 4 aromatic carbocycles. The van der Waals surface area contributed by atoms with E-state index in [4.69, 9.17) is 9.40 Å². The quantitative estimate of drug-likeness (QED) is 0.309. The first-order chi connectivity index (χ1) is 15.3. The maximum absolute atomic E-state index is 5.87. The second-order valence-corrected chi connectivity index (χ2v) is 7.82. The number of para-hydroxylation sites is 2. The first kappa shape index (κ1) is 17.7. The summed E-state index contributed by atoms with van der Waals surface area (Å²) in [5, 5.41) is 1.08. The van der Waals surface area contributed by atoms with Crippen LogP contribution < -0.4 is 0 Å². The molecule has 6 aromatic rings. The lowest BCUT2D eigenvalue weighted by atomic mass is 10.1. The Bertz CT molecular complexity index is 1520. The van der Waals surface area contributed by atoms with Crippen LogP contribution in [0.1, 0.15) is 5.56 Å². The molecular formula is C28H20N2O. The molecule has 3 heteroatoms. The number of benzene rings is 4. The first-order valence-electron chi connectivity index (χ1n) is 10.4. The monoisotopic (exact) mass is 400 g/mol. The second kappa shape index (κ2) is 6.99. The molecule has 0 amide bonds. The number of nitrogens with zero attached hydrogens (tertiary/aromatic N) is 2. The van der Waals surface area contributed by atoms with Gasteiger partial charge in [-0.25, -0.2) is 4.98 Å². The maximum Gasteiger partial charge on any atom is 0.149 e. The molecule has 2 aromatic heterocycles. The molecule has 2 heterocycles. The summed E-state index contributed by atoms with van der Waals surface area (Å²) in [5.41, 5.74) is 8.59. The largest absolute Gasteiger partial charge is 0.464 e. The third-order valence-corrected chi connectivity index (χ3v) is 5.76. The van der Waals surface area contributed by atoms with Gasteiger partial charge in [-0.2, -0.15) is 0 Å². The lowest BCUT2D eigenvalue weighted by Crippen LogP contribution is -1.97. The van der Waals surface area contributed by atoms with Crippen molar-refractivity contribution in [1.29, 1.82) is 0 Å². The van der Waals surface area contributed by atoms with E-state index in [1.807, 2.05) is 24.5 Å². The SMILES string of the molecule is Cc1ccc2occ(-c3nc4ccccc4n3-c3ccc(-c4ccccc4)cc3)c2c1. The van der Waals surface area contributed by atoms with Crippen LogP contribution in [0.15, 0.2) is 108 Å². The van der Waals surface area contributed by atoms with Gasteiger partial charge in [0.2, 0.25) is 0 Å². The number of hydrogen-bond acceptors (Lipinski definition) is 2. The Morgan fingerprint density at radius 3 is 2.32 bits per heavy atom. The Kier molecular flexibility index (Phi) is 4.00. The molecule has 0 spiro atoms. The summed E-state index contributed by atoms with van der Waals surface area (Å²) < 4.78 is 8.09. The summed E-state index contributed by atoms with van der Waals surface area (Å²) in [6.07, 6.45) is 1.82. The topological polar surface area (TPSA) is 31.0 Å². The summed E-state index contributed by atoms with van der Waals surface area (Å²) >= 11 is 0. The van der Waals surface area contributed by atoms with Gasteiger partial charge in [-0.15, -0.1) is 0 Å². The molecule has 0 bridgehead atoms.